The second-order valence-corrected chi connectivity index (χ2v) is 23.1. The van der Waals surface area contributed by atoms with Crippen LogP contribution in [0.3, 0.4) is 0 Å². The lowest BCUT2D eigenvalue weighted by atomic mass is 9.33. The van der Waals surface area contributed by atoms with Crippen molar-refractivity contribution in [3.63, 3.8) is 0 Å². The molecular weight excluding hydrogens is 844 g/mol. The Balaban J connectivity index is 1.05. The van der Waals surface area contributed by atoms with E-state index in [-0.39, 0.29) is 12.6 Å². The van der Waals surface area contributed by atoms with Gasteiger partial charge in [-0.05, 0) is 302 Å². The van der Waals surface area contributed by atoms with Gasteiger partial charge in [0.05, 0.1) is 0 Å². The maximum absolute atomic E-state index is 2.79. The summed E-state index contributed by atoms with van der Waals surface area (Å²) in [6, 6.07) is 47.0. The SMILES string of the molecule is c1cc2c(cc1C(c1ccc3c(c1)CCCC3)c1cc3c4c(c1)N(c1ccc5c(c1)CCCC5)c1cc5c(cc1B4c1cc4c(cc1N3c1ccc3c(c1)CCCC3)CCCC4)CCCC5)CCCC2. The van der Waals surface area contributed by atoms with Crippen LogP contribution in [-0.2, 0) is 77.0 Å². The van der Waals surface area contributed by atoms with E-state index in [9.17, 15) is 0 Å². The first-order valence-corrected chi connectivity index (χ1v) is 28.2. The third-order valence-electron chi connectivity index (χ3n) is 18.9. The summed E-state index contributed by atoms with van der Waals surface area (Å²) >= 11 is 0. The Bertz CT molecular complexity index is 3070. The molecule has 7 aromatic carbocycles. The zero-order valence-electron chi connectivity index (χ0n) is 41.4. The molecule has 0 aromatic heterocycles. The van der Waals surface area contributed by atoms with E-state index < -0.39 is 0 Å². The van der Waals surface area contributed by atoms with Crippen molar-refractivity contribution in [1.82, 2.24) is 0 Å². The lowest BCUT2D eigenvalue weighted by Gasteiger charge is -2.46. The van der Waals surface area contributed by atoms with Gasteiger partial charge >= 0.3 is 0 Å². The minimum atomic E-state index is 0.102. The van der Waals surface area contributed by atoms with Crippen LogP contribution in [0.2, 0.25) is 0 Å². The molecule has 0 radical (unpaired) electrons. The van der Waals surface area contributed by atoms with Crippen LogP contribution in [0.1, 0.15) is 166 Å². The fourth-order valence-corrected chi connectivity index (χ4v) is 15.4. The molecule has 3 heteroatoms. The quantitative estimate of drug-likeness (QED) is 0.125. The molecule has 0 saturated carbocycles. The molecule has 0 saturated heterocycles. The fraction of sp³-hybridized carbons (Fsp3) is 0.373. The Morgan fingerprint density at radius 2 is 0.586 bits per heavy atom. The zero-order chi connectivity index (χ0) is 45.9. The molecule has 7 aromatic rings. The standard InChI is InChI=1S/C67H67BN2/c1-5-17-47-33-55(27-25-43(47)13-1)66(56-28-26-44-14-2-6-18-48(44)34-56)57-41-64-67-65(42-57)70(59-32-30-46-16-4-8-20-50(46)36-59)63-40-54-24-12-10-22-52(54)38-61(63)68(67)60-37-51-21-9-11-23-53(51)39-62(60)69(64)58-31-29-45-15-3-7-19-49(45)35-58/h25-42,66H,1-24H2. The summed E-state index contributed by atoms with van der Waals surface area (Å²) in [5.74, 6) is 0.102. The molecule has 6 aliphatic carbocycles. The van der Waals surface area contributed by atoms with Crippen molar-refractivity contribution < 1.29 is 0 Å². The van der Waals surface area contributed by atoms with Gasteiger partial charge in [0.15, 0.2) is 0 Å². The van der Waals surface area contributed by atoms with E-state index in [1.807, 2.05) is 0 Å². The molecule has 2 nitrogen and oxygen atoms in total. The van der Waals surface area contributed by atoms with E-state index in [2.05, 4.69) is 119 Å². The molecule has 15 rings (SSSR count). The van der Waals surface area contributed by atoms with Crippen LogP contribution >= 0.6 is 0 Å². The minimum Gasteiger partial charge on any atom is -0.311 e. The summed E-state index contributed by atoms with van der Waals surface area (Å²) in [4.78, 5) is 5.59. The third-order valence-corrected chi connectivity index (χ3v) is 18.9. The number of hydrogen-bond acceptors (Lipinski definition) is 2. The topological polar surface area (TPSA) is 6.48 Å². The smallest absolute Gasteiger partial charge is 0.252 e. The first-order chi connectivity index (χ1) is 34.7. The van der Waals surface area contributed by atoms with E-state index >= 15 is 0 Å². The van der Waals surface area contributed by atoms with Crippen molar-refractivity contribution in [1.29, 1.82) is 0 Å². The van der Waals surface area contributed by atoms with Gasteiger partial charge in [0, 0.05) is 40.0 Å². The second kappa shape index (κ2) is 16.9. The molecule has 0 fully saturated rings. The summed E-state index contributed by atoms with van der Waals surface area (Å²) in [5.41, 5.74) is 36.0. The normalized spacial score (nSPS) is 18.4. The van der Waals surface area contributed by atoms with Gasteiger partial charge in [0.1, 0.15) is 0 Å². The molecule has 70 heavy (non-hydrogen) atoms. The van der Waals surface area contributed by atoms with Crippen molar-refractivity contribution >= 4 is 57.2 Å². The van der Waals surface area contributed by atoms with Gasteiger partial charge in [-0.25, -0.2) is 0 Å². The molecule has 0 atom stereocenters. The lowest BCUT2D eigenvalue weighted by Crippen LogP contribution is -2.61. The van der Waals surface area contributed by atoms with Crippen molar-refractivity contribution in [2.75, 3.05) is 9.80 Å². The van der Waals surface area contributed by atoms with Gasteiger partial charge in [0.25, 0.3) is 6.71 Å². The maximum Gasteiger partial charge on any atom is 0.252 e. The molecule has 2 aliphatic heterocycles. The summed E-state index contributed by atoms with van der Waals surface area (Å²) in [5, 5.41) is 0. The number of nitrogens with zero attached hydrogens (tertiary/aromatic N) is 2. The predicted octanol–water partition coefficient (Wildman–Crippen LogP) is 14.2. The first kappa shape index (κ1) is 41.9. The highest BCUT2D eigenvalue weighted by molar-refractivity contribution is 7.00. The van der Waals surface area contributed by atoms with Crippen molar-refractivity contribution in [3.05, 3.63) is 193 Å². The largest absolute Gasteiger partial charge is 0.311 e. The summed E-state index contributed by atoms with van der Waals surface area (Å²) in [6.07, 6.45) is 29.8. The maximum atomic E-state index is 2.79. The molecule has 8 aliphatic rings. The molecule has 0 bridgehead atoms. The Morgan fingerprint density at radius 1 is 0.271 bits per heavy atom. The van der Waals surface area contributed by atoms with Gasteiger partial charge in [-0.15, -0.1) is 0 Å². The Labute approximate surface area is 417 Å². The average Bonchev–Trinajstić information content (AvgIpc) is 3.41. The van der Waals surface area contributed by atoms with Crippen LogP contribution in [0.15, 0.2) is 109 Å². The molecular formula is C67H67BN2. The van der Waals surface area contributed by atoms with E-state index in [1.54, 1.807) is 66.8 Å². The average molecular weight is 911 g/mol. The van der Waals surface area contributed by atoms with Crippen LogP contribution in [-0.4, -0.2) is 6.71 Å². The summed E-state index contributed by atoms with van der Waals surface area (Å²) in [7, 11) is 0. The third kappa shape index (κ3) is 6.87. The molecule has 0 amide bonds. The number of aryl methyl sites for hydroxylation is 12. The minimum absolute atomic E-state index is 0.102. The number of fused-ring (bicyclic) bond motifs is 10. The highest BCUT2D eigenvalue weighted by atomic mass is 15.2. The number of anilines is 6. The van der Waals surface area contributed by atoms with Crippen LogP contribution in [0.25, 0.3) is 0 Å². The molecule has 348 valence electrons. The highest BCUT2D eigenvalue weighted by Gasteiger charge is 2.45. The lowest BCUT2D eigenvalue weighted by molar-refractivity contribution is 0.681. The van der Waals surface area contributed by atoms with Crippen LogP contribution in [0.4, 0.5) is 34.1 Å². The van der Waals surface area contributed by atoms with Gasteiger partial charge in [0.2, 0.25) is 0 Å². The fourth-order valence-electron chi connectivity index (χ4n) is 15.4. The van der Waals surface area contributed by atoms with Crippen LogP contribution in [0, 0.1) is 0 Å². The van der Waals surface area contributed by atoms with Gasteiger partial charge < -0.3 is 9.80 Å². The van der Waals surface area contributed by atoms with Crippen LogP contribution in [0.5, 0.6) is 0 Å². The van der Waals surface area contributed by atoms with Gasteiger partial charge in [-0.3, -0.25) is 0 Å². The molecule has 0 unspecified atom stereocenters. The monoisotopic (exact) mass is 911 g/mol. The van der Waals surface area contributed by atoms with Gasteiger partial charge in [-0.2, -0.15) is 0 Å². The zero-order valence-corrected chi connectivity index (χ0v) is 41.4. The number of benzene rings is 7. The Kier molecular flexibility index (Phi) is 10.1. The van der Waals surface area contributed by atoms with E-state index in [4.69, 9.17) is 0 Å². The molecule has 2 heterocycles. The second-order valence-electron chi connectivity index (χ2n) is 23.1. The van der Waals surface area contributed by atoms with E-state index in [0.717, 1.165) is 0 Å². The first-order valence-electron chi connectivity index (χ1n) is 28.2. The predicted molar refractivity (Wildman–Crippen MR) is 294 cm³/mol. The number of rotatable bonds is 5. The van der Waals surface area contributed by atoms with E-state index in [0.29, 0.717) is 0 Å². The molecule has 0 N–H and O–H groups in total. The van der Waals surface area contributed by atoms with E-state index in [1.165, 1.54) is 221 Å². The van der Waals surface area contributed by atoms with Crippen molar-refractivity contribution in [2.24, 2.45) is 0 Å². The highest BCUT2D eigenvalue weighted by Crippen LogP contribution is 2.49. The Hall–Kier alpha value is -5.80. The van der Waals surface area contributed by atoms with Crippen molar-refractivity contribution in [2.45, 2.75) is 160 Å². The van der Waals surface area contributed by atoms with Crippen molar-refractivity contribution in [3.8, 4) is 0 Å². The summed E-state index contributed by atoms with van der Waals surface area (Å²) in [6.45, 7) is 0.150. The number of hydrogen-bond donors (Lipinski definition) is 0. The van der Waals surface area contributed by atoms with Gasteiger partial charge in [-0.1, -0.05) is 60.7 Å². The Morgan fingerprint density at radius 3 is 0.971 bits per heavy atom. The molecule has 0 spiro atoms. The van der Waals surface area contributed by atoms with Crippen LogP contribution < -0.4 is 26.2 Å². The summed E-state index contributed by atoms with van der Waals surface area (Å²) < 4.78 is 0.